The molecule has 1 fully saturated rings. The lowest BCUT2D eigenvalue weighted by Gasteiger charge is -2.40. The highest BCUT2D eigenvalue weighted by Gasteiger charge is 2.37. The fourth-order valence-electron chi connectivity index (χ4n) is 2.95. The van der Waals surface area contributed by atoms with Gasteiger partial charge >= 0.3 is 5.97 Å². The predicted molar refractivity (Wildman–Crippen MR) is 79.8 cm³/mol. The van der Waals surface area contributed by atoms with Crippen molar-refractivity contribution in [2.75, 3.05) is 33.4 Å². The van der Waals surface area contributed by atoms with E-state index >= 15 is 0 Å². The largest absolute Gasteiger partial charge is 0.468 e. The number of rotatable bonds is 7. The minimum atomic E-state index is -0.622. The van der Waals surface area contributed by atoms with E-state index in [2.05, 4.69) is 24.1 Å². The lowest BCUT2D eigenvalue weighted by Crippen LogP contribution is -2.55. The number of likely N-dealkylation sites (N-methyl/N-ethyl adjacent to an activating group) is 1. The van der Waals surface area contributed by atoms with E-state index in [1.165, 1.54) is 7.11 Å². The molecule has 1 rings (SSSR count). The molecular weight excluding hydrogens is 256 g/mol. The molecule has 1 heterocycles. The smallest absolute Gasteiger partial charge is 0.325 e. The molecule has 20 heavy (non-hydrogen) atoms. The molecular formula is C15H30N2O3. The van der Waals surface area contributed by atoms with E-state index in [1.807, 2.05) is 13.8 Å². The van der Waals surface area contributed by atoms with E-state index in [9.17, 15) is 4.79 Å². The first-order valence-corrected chi connectivity index (χ1v) is 7.65. The highest BCUT2D eigenvalue weighted by molar-refractivity contribution is 5.80. The molecule has 0 aromatic heterocycles. The Bertz CT molecular complexity index is 311. The lowest BCUT2D eigenvalue weighted by molar-refractivity contribution is -0.149. The second kappa shape index (κ2) is 7.96. The van der Waals surface area contributed by atoms with Gasteiger partial charge in [0.2, 0.25) is 0 Å². The summed E-state index contributed by atoms with van der Waals surface area (Å²) in [6, 6.07) is 0.316. The zero-order chi connectivity index (χ0) is 15.2. The molecule has 118 valence electrons. The topological polar surface area (TPSA) is 50.8 Å². The molecule has 3 unspecified atom stereocenters. The van der Waals surface area contributed by atoms with Gasteiger partial charge in [-0.3, -0.25) is 9.69 Å². The van der Waals surface area contributed by atoms with E-state index in [-0.39, 0.29) is 5.97 Å². The number of ether oxygens (including phenoxy) is 2. The van der Waals surface area contributed by atoms with Crippen molar-refractivity contribution in [3.05, 3.63) is 0 Å². The molecule has 1 aliphatic heterocycles. The Labute approximate surface area is 123 Å². The van der Waals surface area contributed by atoms with E-state index in [1.54, 1.807) is 0 Å². The van der Waals surface area contributed by atoms with Crippen LogP contribution in [-0.4, -0.2) is 61.9 Å². The number of hydrogen-bond acceptors (Lipinski definition) is 5. The third-order valence-corrected chi connectivity index (χ3v) is 4.16. The van der Waals surface area contributed by atoms with Crippen molar-refractivity contribution in [3.8, 4) is 0 Å². The van der Waals surface area contributed by atoms with Gasteiger partial charge in [0.05, 0.1) is 19.8 Å². The van der Waals surface area contributed by atoms with E-state index in [0.29, 0.717) is 12.1 Å². The van der Waals surface area contributed by atoms with Crippen molar-refractivity contribution in [3.63, 3.8) is 0 Å². The minimum Gasteiger partial charge on any atom is -0.468 e. The molecule has 1 aliphatic rings. The molecule has 1 saturated heterocycles. The molecule has 5 nitrogen and oxygen atoms in total. The second-order valence-corrected chi connectivity index (χ2v) is 5.80. The van der Waals surface area contributed by atoms with Crippen LogP contribution < -0.4 is 5.32 Å². The van der Waals surface area contributed by atoms with Crippen molar-refractivity contribution in [2.24, 2.45) is 0 Å². The number of carbonyl (C=O) groups excluding carboxylic acids is 1. The molecule has 1 N–H and O–H groups in total. The van der Waals surface area contributed by atoms with Gasteiger partial charge in [0, 0.05) is 19.1 Å². The van der Waals surface area contributed by atoms with Crippen LogP contribution in [-0.2, 0) is 14.3 Å². The summed E-state index contributed by atoms with van der Waals surface area (Å²) in [4.78, 5) is 14.4. The number of esters is 1. The van der Waals surface area contributed by atoms with Gasteiger partial charge in [0.25, 0.3) is 0 Å². The predicted octanol–water partition coefficient (Wildman–Crippen LogP) is 1.42. The maximum Gasteiger partial charge on any atom is 0.325 e. The first-order valence-electron chi connectivity index (χ1n) is 7.65. The summed E-state index contributed by atoms with van der Waals surface area (Å²) in [6.45, 7) is 11.7. The molecule has 0 aromatic carbocycles. The first-order chi connectivity index (χ1) is 9.46. The summed E-state index contributed by atoms with van der Waals surface area (Å²) >= 11 is 0. The maximum atomic E-state index is 12.0. The highest BCUT2D eigenvalue weighted by Crippen LogP contribution is 2.20. The highest BCUT2D eigenvalue weighted by atomic mass is 16.5. The average Bonchev–Trinajstić information content (AvgIpc) is 2.46. The Hall–Kier alpha value is -0.650. The molecule has 3 atom stereocenters. The number of methoxy groups -OCH3 is 1. The number of nitrogens with zero attached hydrogens (tertiary/aromatic N) is 1. The molecule has 0 radical (unpaired) electrons. The summed E-state index contributed by atoms with van der Waals surface area (Å²) < 4.78 is 10.7. The van der Waals surface area contributed by atoms with Crippen LogP contribution >= 0.6 is 0 Å². The van der Waals surface area contributed by atoms with Crippen molar-refractivity contribution in [1.29, 1.82) is 0 Å². The van der Waals surface area contributed by atoms with Gasteiger partial charge in [-0.15, -0.1) is 0 Å². The Morgan fingerprint density at radius 3 is 2.80 bits per heavy atom. The van der Waals surface area contributed by atoms with Gasteiger partial charge in [-0.05, 0) is 33.2 Å². The normalized spacial score (nSPS) is 24.9. The van der Waals surface area contributed by atoms with Crippen molar-refractivity contribution in [1.82, 2.24) is 10.2 Å². The molecule has 0 saturated carbocycles. The van der Waals surface area contributed by atoms with Gasteiger partial charge < -0.3 is 14.8 Å². The quantitative estimate of drug-likeness (QED) is 0.717. The van der Waals surface area contributed by atoms with Gasteiger partial charge in [-0.25, -0.2) is 0 Å². The van der Waals surface area contributed by atoms with Crippen LogP contribution in [0.25, 0.3) is 0 Å². The van der Waals surface area contributed by atoms with Gasteiger partial charge in [0.1, 0.15) is 5.54 Å². The van der Waals surface area contributed by atoms with Crippen molar-refractivity contribution >= 4 is 5.97 Å². The van der Waals surface area contributed by atoms with Gasteiger partial charge in [-0.1, -0.05) is 13.8 Å². The second-order valence-electron chi connectivity index (χ2n) is 5.80. The lowest BCUT2D eigenvalue weighted by atomic mass is 9.92. The monoisotopic (exact) mass is 286 g/mol. The van der Waals surface area contributed by atoms with E-state index in [4.69, 9.17) is 9.47 Å². The Balaban J connectivity index is 2.65. The number of hydrogen-bond donors (Lipinski definition) is 1. The molecule has 0 aromatic rings. The third kappa shape index (κ3) is 4.43. The number of carbonyl (C=O) groups is 1. The fraction of sp³-hybridized carbons (Fsp3) is 0.933. The zero-order valence-electron chi connectivity index (χ0n) is 13.6. The molecule has 0 spiro atoms. The zero-order valence-corrected chi connectivity index (χ0v) is 13.6. The Kier molecular flexibility index (Phi) is 6.92. The molecule has 0 bridgehead atoms. The van der Waals surface area contributed by atoms with Crippen LogP contribution in [0.3, 0.4) is 0 Å². The summed E-state index contributed by atoms with van der Waals surface area (Å²) in [5, 5.41) is 3.27. The molecule has 0 amide bonds. The van der Waals surface area contributed by atoms with Crippen LogP contribution in [0.15, 0.2) is 0 Å². The van der Waals surface area contributed by atoms with Crippen molar-refractivity contribution < 1.29 is 14.3 Å². The summed E-state index contributed by atoms with van der Waals surface area (Å²) in [5.74, 6) is -0.188. The molecule has 0 aliphatic carbocycles. The van der Waals surface area contributed by atoms with Gasteiger partial charge in [0.15, 0.2) is 0 Å². The van der Waals surface area contributed by atoms with Crippen LogP contribution in [0.5, 0.6) is 0 Å². The van der Waals surface area contributed by atoms with Gasteiger partial charge in [-0.2, -0.15) is 0 Å². The van der Waals surface area contributed by atoms with E-state index < -0.39 is 5.54 Å². The van der Waals surface area contributed by atoms with E-state index in [0.717, 1.165) is 39.1 Å². The maximum absolute atomic E-state index is 12.0. The Morgan fingerprint density at radius 2 is 2.25 bits per heavy atom. The van der Waals surface area contributed by atoms with Crippen molar-refractivity contribution in [2.45, 2.75) is 58.2 Å². The van der Waals surface area contributed by atoms with Crippen LogP contribution in [0.2, 0.25) is 0 Å². The number of morpholine rings is 1. The third-order valence-electron chi connectivity index (χ3n) is 4.16. The summed E-state index contributed by atoms with van der Waals surface area (Å²) in [7, 11) is 1.45. The first kappa shape index (κ1) is 17.4. The van der Waals surface area contributed by atoms with Crippen LogP contribution in [0.1, 0.15) is 40.5 Å². The number of nitrogens with one attached hydrogen (secondary N) is 1. The molecule has 5 heteroatoms. The minimum absolute atomic E-state index is 0.188. The fourth-order valence-corrected chi connectivity index (χ4v) is 2.95. The average molecular weight is 286 g/mol. The SMILES string of the molecule is CCNC(C)(CC(C)N1CCOC(CC)C1)C(=O)OC. The van der Waals surface area contributed by atoms with Crippen LogP contribution in [0, 0.1) is 0 Å². The van der Waals surface area contributed by atoms with Crippen LogP contribution in [0.4, 0.5) is 0 Å². The Morgan fingerprint density at radius 1 is 1.55 bits per heavy atom. The summed E-state index contributed by atoms with van der Waals surface area (Å²) in [6.07, 6.45) is 2.09. The summed E-state index contributed by atoms with van der Waals surface area (Å²) in [5.41, 5.74) is -0.622. The standard InChI is InChI=1S/C15H30N2O3/c1-6-13-11-17(8-9-20-13)12(3)10-15(4,16-7-2)14(18)19-5/h12-13,16H,6-11H2,1-5H3.